The van der Waals surface area contributed by atoms with Crippen molar-refractivity contribution < 1.29 is 0 Å². The second-order valence-electron chi connectivity index (χ2n) is 3.47. The molecule has 1 aliphatic rings. The molecule has 0 saturated carbocycles. The Kier molecular flexibility index (Phi) is 2.17. The molecule has 0 bridgehead atoms. The van der Waals surface area contributed by atoms with Gasteiger partial charge in [0.1, 0.15) is 0 Å². The number of rotatable bonds is 2. The normalized spacial score (nSPS) is 19.5. The molecule has 2 N–H and O–H groups in total. The van der Waals surface area contributed by atoms with E-state index >= 15 is 0 Å². The van der Waals surface area contributed by atoms with Gasteiger partial charge in [-0.1, -0.05) is 0 Å². The first-order chi connectivity index (χ1) is 5.74. The Balaban J connectivity index is 1.88. The zero-order valence-corrected chi connectivity index (χ0v) is 8.10. The van der Waals surface area contributed by atoms with Gasteiger partial charge in [-0.05, 0) is 19.1 Å². The van der Waals surface area contributed by atoms with Crippen LogP contribution in [0.25, 0.3) is 0 Å². The van der Waals surface area contributed by atoms with Gasteiger partial charge >= 0.3 is 0 Å². The zero-order chi connectivity index (χ0) is 8.55. The number of nitrogens with two attached hydrogens (primary N) is 1. The van der Waals surface area contributed by atoms with Crippen LogP contribution < -0.4 is 5.73 Å². The van der Waals surface area contributed by atoms with E-state index in [1.165, 1.54) is 9.75 Å². The van der Waals surface area contributed by atoms with Crippen molar-refractivity contribution in [1.29, 1.82) is 0 Å². The van der Waals surface area contributed by atoms with Crippen LogP contribution >= 0.6 is 11.3 Å². The maximum atomic E-state index is 5.69. The lowest BCUT2D eigenvalue weighted by atomic mass is 10.1. The Hall–Kier alpha value is -0.380. The molecule has 0 atom stereocenters. The van der Waals surface area contributed by atoms with Crippen LogP contribution in [-0.2, 0) is 6.54 Å². The van der Waals surface area contributed by atoms with Gasteiger partial charge in [-0.2, -0.15) is 0 Å². The van der Waals surface area contributed by atoms with E-state index in [0.717, 1.165) is 19.6 Å². The number of thiophene rings is 1. The molecule has 66 valence electrons. The number of hydrogen-bond acceptors (Lipinski definition) is 3. The van der Waals surface area contributed by atoms with Crippen molar-refractivity contribution in [2.45, 2.75) is 19.5 Å². The standard InChI is InChI=1S/C9H14N2S/c1-7-2-3-9(12-7)6-11-4-8(10)5-11/h2-3,8H,4-6,10H2,1H3. The van der Waals surface area contributed by atoms with Gasteiger partial charge in [0.25, 0.3) is 0 Å². The molecule has 1 aromatic heterocycles. The Morgan fingerprint density at radius 3 is 2.83 bits per heavy atom. The summed E-state index contributed by atoms with van der Waals surface area (Å²) in [5.74, 6) is 0. The van der Waals surface area contributed by atoms with Gasteiger partial charge in [-0.3, -0.25) is 4.90 Å². The van der Waals surface area contributed by atoms with E-state index in [1.54, 1.807) is 0 Å². The van der Waals surface area contributed by atoms with E-state index in [4.69, 9.17) is 5.73 Å². The van der Waals surface area contributed by atoms with E-state index < -0.39 is 0 Å². The average molecular weight is 182 g/mol. The van der Waals surface area contributed by atoms with E-state index in [9.17, 15) is 0 Å². The highest BCUT2D eigenvalue weighted by Crippen LogP contribution is 2.19. The van der Waals surface area contributed by atoms with Gasteiger partial charge in [0.2, 0.25) is 0 Å². The lowest BCUT2D eigenvalue weighted by molar-refractivity contribution is 0.144. The molecule has 2 nitrogen and oxygen atoms in total. The van der Waals surface area contributed by atoms with Crippen molar-refractivity contribution in [3.8, 4) is 0 Å². The van der Waals surface area contributed by atoms with Crippen molar-refractivity contribution in [3.05, 3.63) is 21.9 Å². The third kappa shape index (κ3) is 1.68. The molecule has 0 spiro atoms. The maximum Gasteiger partial charge on any atom is 0.0329 e. The molecule has 0 aliphatic carbocycles. The number of aryl methyl sites for hydroxylation is 1. The lowest BCUT2D eigenvalue weighted by Crippen LogP contribution is -2.54. The molecular formula is C9H14N2S. The number of hydrogen-bond donors (Lipinski definition) is 1. The van der Waals surface area contributed by atoms with Crippen molar-refractivity contribution in [2.75, 3.05) is 13.1 Å². The van der Waals surface area contributed by atoms with Crippen LogP contribution in [0.2, 0.25) is 0 Å². The molecule has 0 unspecified atom stereocenters. The molecule has 1 aromatic rings. The third-order valence-electron chi connectivity index (χ3n) is 2.16. The Labute approximate surface area is 77.0 Å². The molecule has 12 heavy (non-hydrogen) atoms. The van der Waals surface area contributed by atoms with E-state index in [1.807, 2.05) is 11.3 Å². The van der Waals surface area contributed by atoms with E-state index in [0.29, 0.717) is 6.04 Å². The molecular weight excluding hydrogens is 168 g/mol. The second kappa shape index (κ2) is 3.17. The van der Waals surface area contributed by atoms with Crippen molar-refractivity contribution in [1.82, 2.24) is 4.90 Å². The molecule has 3 heteroatoms. The van der Waals surface area contributed by atoms with E-state index in [-0.39, 0.29) is 0 Å². The smallest absolute Gasteiger partial charge is 0.0329 e. The molecule has 0 radical (unpaired) electrons. The summed E-state index contributed by atoms with van der Waals surface area (Å²) < 4.78 is 0. The van der Waals surface area contributed by atoms with Gasteiger partial charge in [0.05, 0.1) is 0 Å². The van der Waals surface area contributed by atoms with Crippen molar-refractivity contribution in [2.24, 2.45) is 5.73 Å². The van der Waals surface area contributed by atoms with Crippen LogP contribution in [0.1, 0.15) is 9.75 Å². The highest BCUT2D eigenvalue weighted by atomic mass is 32.1. The summed E-state index contributed by atoms with van der Waals surface area (Å²) in [4.78, 5) is 5.24. The zero-order valence-electron chi connectivity index (χ0n) is 7.29. The van der Waals surface area contributed by atoms with Crippen LogP contribution in [0.15, 0.2) is 12.1 Å². The van der Waals surface area contributed by atoms with Crippen LogP contribution in [0.4, 0.5) is 0 Å². The molecule has 2 heterocycles. The van der Waals surface area contributed by atoms with Gasteiger partial charge < -0.3 is 5.73 Å². The summed E-state index contributed by atoms with van der Waals surface area (Å²) in [6.07, 6.45) is 0. The molecule has 1 aliphatic heterocycles. The summed E-state index contributed by atoms with van der Waals surface area (Å²) in [7, 11) is 0. The second-order valence-corrected chi connectivity index (χ2v) is 4.84. The minimum absolute atomic E-state index is 0.422. The SMILES string of the molecule is Cc1ccc(CN2CC(N)C2)s1. The summed E-state index contributed by atoms with van der Waals surface area (Å²) in [6, 6.07) is 4.81. The summed E-state index contributed by atoms with van der Waals surface area (Å²) in [6.45, 7) is 5.37. The molecule has 1 saturated heterocycles. The van der Waals surface area contributed by atoms with Crippen LogP contribution in [0, 0.1) is 6.92 Å². The number of likely N-dealkylation sites (tertiary alicyclic amines) is 1. The van der Waals surface area contributed by atoms with Gasteiger partial charge in [0.15, 0.2) is 0 Å². The number of nitrogens with zero attached hydrogens (tertiary/aromatic N) is 1. The fourth-order valence-corrected chi connectivity index (χ4v) is 2.46. The summed E-state index contributed by atoms with van der Waals surface area (Å²) >= 11 is 1.88. The molecule has 1 fully saturated rings. The summed E-state index contributed by atoms with van der Waals surface area (Å²) in [5, 5.41) is 0. The average Bonchev–Trinajstić information content (AvgIpc) is 2.33. The molecule has 0 amide bonds. The highest BCUT2D eigenvalue weighted by molar-refractivity contribution is 7.11. The fourth-order valence-electron chi connectivity index (χ4n) is 1.53. The van der Waals surface area contributed by atoms with Gasteiger partial charge in [-0.15, -0.1) is 11.3 Å². The van der Waals surface area contributed by atoms with Crippen molar-refractivity contribution in [3.63, 3.8) is 0 Å². The Morgan fingerprint density at radius 1 is 1.58 bits per heavy atom. The predicted molar refractivity (Wildman–Crippen MR) is 52.3 cm³/mol. The first-order valence-corrected chi connectivity index (χ1v) is 5.09. The van der Waals surface area contributed by atoms with Gasteiger partial charge in [-0.25, -0.2) is 0 Å². The largest absolute Gasteiger partial charge is 0.325 e. The monoisotopic (exact) mass is 182 g/mol. The van der Waals surface area contributed by atoms with Crippen LogP contribution in [0.5, 0.6) is 0 Å². The minimum atomic E-state index is 0.422. The minimum Gasteiger partial charge on any atom is -0.325 e. The first-order valence-electron chi connectivity index (χ1n) is 4.27. The first kappa shape index (κ1) is 8.23. The van der Waals surface area contributed by atoms with Crippen molar-refractivity contribution >= 4 is 11.3 Å². The summed E-state index contributed by atoms with van der Waals surface area (Å²) in [5.41, 5.74) is 5.69. The Morgan fingerprint density at radius 2 is 2.33 bits per heavy atom. The molecule has 0 aromatic carbocycles. The highest BCUT2D eigenvalue weighted by Gasteiger charge is 2.22. The van der Waals surface area contributed by atoms with Crippen LogP contribution in [0.3, 0.4) is 0 Å². The Bertz CT molecular complexity index is 263. The lowest BCUT2D eigenvalue weighted by Gasteiger charge is -2.36. The third-order valence-corrected chi connectivity index (χ3v) is 3.15. The van der Waals surface area contributed by atoms with E-state index in [2.05, 4.69) is 24.0 Å². The van der Waals surface area contributed by atoms with Gasteiger partial charge in [0, 0.05) is 35.4 Å². The topological polar surface area (TPSA) is 29.3 Å². The predicted octanol–water partition coefficient (Wildman–Crippen LogP) is 1.20. The maximum absolute atomic E-state index is 5.69. The fraction of sp³-hybridized carbons (Fsp3) is 0.556. The quantitative estimate of drug-likeness (QED) is 0.744. The molecule has 2 rings (SSSR count). The van der Waals surface area contributed by atoms with Crippen LogP contribution in [-0.4, -0.2) is 24.0 Å².